The Labute approximate surface area is 246 Å². The number of nitrogen functional groups attached to an aromatic ring is 1. The third-order valence-corrected chi connectivity index (χ3v) is 6.98. The molecule has 0 saturated heterocycles. The van der Waals surface area contributed by atoms with Gasteiger partial charge in [0.2, 0.25) is 0 Å². The summed E-state index contributed by atoms with van der Waals surface area (Å²) in [6.07, 6.45) is 4.46. The van der Waals surface area contributed by atoms with Crippen molar-refractivity contribution in [2.24, 2.45) is 0 Å². The summed E-state index contributed by atoms with van der Waals surface area (Å²) in [5.74, 6) is -0.843. The number of nitrogens with zero attached hydrogens (tertiary/aromatic N) is 5. The van der Waals surface area contributed by atoms with Crippen LogP contribution in [0.5, 0.6) is 0 Å². The molecule has 0 saturated carbocycles. The van der Waals surface area contributed by atoms with Gasteiger partial charge in [-0.25, -0.2) is 19.3 Å². The van der Waals surface area contributed by atoms with Crippen molar-refractivity contribution >= 4 is 40.2 Å². The van der Waals surface area contributed by atoms with Gasteiger partial charge in [0.15, 0.2) is 0 Å². The second-order valence-corrected chi connectivity index (χ2v) is 9.54. The first-order chi connectivity index (χ1) is 20.8. The predicted molar refractivity (Wildman–Crippen MR) is 159 cm³/mol. The van der Waals surface area contributed by atoms with E-state index in [1.165, 1.54) is 54.9 Å². The number of halogens is 1. The molecule has 3 aromatic heterocycles. The number of hydrogen-bond donors (Lipinski definition) is 3. The van der Waals surface area contributed by atoms with Crippen LogP contribution in [0, 0.1) is 17.1 Å². The molecule has 1 unspecified atom stereocenters. The van der Waals surface area contributed by atoms with E-state index in [-0.39, 0.29) is 29.9 Å². The minimum Gasteiger partial charge on any atom is -0.469 e. The Balaban J connectivity index is 1.50. The van der Waals surface area contributed by atoms with Crippen LogP contribution in [0.3, 0.4) is 0 Å². The van der Waals surface area contributed by atoms with Crippen molar-refractivity contribution in [3.8, 4) is 17.2 Å². The lowest BCUT2D eigenvalue weighted by atomic mass is 9.98. The van der Waals surface area contributed by atoms with Crippen molar-refractivity contribution in [2.45, 2.75) is 19.4 Å². The maximum Gasteiger partial charge on any atom is 0.307 e. The van der Waals surface area contributed by atoms with Crippen LogP contribution in [0.1, 0.15) is 40.9 Å². The SMILES string of the molecule is CCN(C(=O)c1cc(C#N)cnc1NC(CC(=O)OC)c1ccc(-c2c[nH]c3ncnc(N)c23)cc1)c1ccc(F)cc1. The average molecular weight is 579 g/mol. The normalized spacial score (nSPS) is 11.5. The molecule has 1 atom stereocenters. The summed E-state index contributed by atoms with van der Waals surface area (Å²) >= 11 is 0. The molecule has 3 heterocycles. The summed E-state index contributed by atoms with van der Waals surface area (Å²) in [7, 11) is 1.29. The van der Waals surface area contributed by atoms with Crippen LogP contribution in [-0.4, -0.2) is 45.5 Å². The van der Waals surface area contributed by atoms with E-state index in [2.05, 4.69) is 25.3 Å². The van der Waals surface area contributed by atoms with Gasteiger partial charge in [-0.3, -0.25) is 9.59 Å². The summed E-state index contributed by atoms with van der Waals surface area (Å²) in [6, 6.07) is 15.8. The van der Waals surface area contributed by atoms with E-state index in [4.69, 9.17) is 10.5 Å². The lowest BCUT2D eigenvalue weighted by Crippen LogP contribution is -2.32. The van der Waals surface area contributed by atoms with E-state index in [0.29, 0.717) is 28.1 Å². The number of methoxy groups -OCH3 is 1. The van der Waals surface area contributed by atoms with E-state index in [0.717, 1.165) is 11.1 Å². The number of rotatable bonds is 9. The molecule has 0 aliphatic rings. The van der Waals surface area contributed by atoms with Gasteiger partial charge < -0.3 is 25.7 Å². The van der Waals surface area contributed by atoms with Crippen molar-refractivity contribution in [3.63, 3.8) is 0 Å². The number of ether oxygens (including phenoxy) is 1. The third kappa shape index (κ3) is 5.96. The van der Waals surface area contributed by atoms with E-state index in [1.54, 1.807) is 13.1 Å². The zero-order chi connectivity index (χ0) is 30.5. The number of esters is 1. The van der Waals surface area contributed by atoms with Gasteiger partial charge in [-0.2, -0.15) is 5.26 Å². The first kappa shape index (κ1) is 28.7. The van der Waals surface area contributed by atoms with Crippen LogP contribution in [-0.2, 0) is 9.53 Å². The van der Waals surface area contributed by atoms with Gasteiger partial charge in [0.1, 0.15) is 35.5 Å². The van der Waals surface area contributed by atoms with Crippen molar-refractivity contribution < 1.29 is 18.7 Å². The van der Waals surface area contributed by atoms with E-state index < -0.39 is 23.7 Å². The molecule has 1 amide bonds. The molecule has 0 aliphatic carbocycles. The zero-order valence-corrected chi connectivity index (χ0v) is 23.3. The second-order valence-electron chi connectivity index (χ2n) is 9.54. The number of aromatic nitrogens is 4. The number of nitrogens with one attached hydrogen (secondary N) is 2. The first-order valence-electron chi connectivity index (χ1n) is 13.3. The fourth-order valence-electron chi connectivity index (χ4n) is 4.79. The largest absolute Gasteiger partial charge is 0.469 e. The Kier molecular flexibility index (Phi) is 8.25. The van der Waals surface area contributed by atoms with E-state index in [1.807, 2.05) is 30.3 Å². The number of aromatic amines is 1. The smallest absolute Gasteiger partial charge is 0.307 e. The molecule has 0 radical (unpaired) electrons. The number of benzene rings is 2. The zero-order valence-electron chi connectivity index (χ0n) is 23.3. The molecule has 5 rings (SSSR count). The van der Waals surface area contributed by atoms with Gasteiger partial charge in [-0.1, -0.05) is 24.3 Å². The number of pyridine rings is 1. The van der Waals surface area contributed by atoms with Gasteiger partial charge >= 0.3 is 5.97 Å². The number of H-pyrrole nitrogens is 1. The number of fused-ring (bicyclic) bond motifs is 1. The predicted octanol–water partition coefficient (Wildman–Crippen LogP) is 5.00. The van der Waals surface area contributed by atoms with E-state index in [9.17, 15) is 19.2 Å². The highest BCUT2D eigenvalue weighted by molar-refractivity contribution is 6.09. The molecule has 11 nitrogen and oxygen atoms in total. The van der Waals surface area contributed by atoms with Gasteiger partial charge in [0, 0.05) is 30.2 Å². The van der Waals surface area contributed by atoms with Crippen LogP contribution in [0.15, 0.2) is 73.3 Å². The minimum absolute atomic E-state index is 0.0749. The Morgan fingerprint density at radius 1 is 1.14 bits per heavy atom. The van der Waals surface area contributed by atoms with Crippen LogP contribution in [0.25, 0.3) is 22.2 Å². The molecule has 43 heavy (non-hydrogen) atoms. The lowest BCUT2D eigenvalue weighted by molar-refractivity contribution is -0.140. The van der Waals surface area contributed by atoms with Gasteiger partial charge in [0.05, 0.1) is 36.1 Å². The second kappa shape index (κ2) is 12.4. The number of nitriles is 1. The minimum atomic E-state index is -0.647. The van der Waals surface area contributed by atoms with Crippen molar-refractivity contribution in [1.29, 1.82) is 5.26 Å². The Morgan fingerprint density at radius 3 is 2.56 bits per heavy atom. The lowest BCUT2D eigenvalue weighted by Gasteiger charge is -2.24. The summed E-state index contributed by atoms with van der Waals surface area (Å²) < 4.78 is 18.5. The monoisotopic (exact) mass is 578 g/mol. The molecule has 0 bridgehead atoms. The molecule has 0 fully saturated rings. The summed E-state index contributed by atoms with van der Waals surface area (Å²) in [5, 5.41) is 13.4. The van der Waals surface area contributed by atoms with Crippen LogP contribution < -0.4 is 16.0 Å². The molecule has 0 spiro atoms. The van der Waals surface area contributed by atoms with Gasteiger partial charge in [-0.15, -0.1) is 0 Å². The number of nitrogens with two attached hydrogens (primary N) is 1. The fourth-order valence-corrected chi connectivity index (χ4v) is 4.79. The molecular weight excluding hydrogens is 551 g/mol. The van der Waals surface area contributed by atoms with Gasteiger partial charge in [-0.05, 0) is 48.4 Å². The Hall–Kier alpha value is -5.83. The molecule has 0 aliphatic heterocycles. The number of carbonyl (C=O) groups is 2. The third-order valence-electron chi connectivity index (χ3n) is 6.98. The molecule has 2 aromatic carbocycles. The fraction of sp³-hybridized carbons (Fsp3) is 0.161. The van der Waals surface area contributed by atoms with Crippen LogP contribution >= 0.6 is 0 Å². The van der Waals surface area contributed by atoms with Gasteiger partial charge in [0.25, 0.3) is 5.91 Å². The van der Waals surface area contributed by atoms with E-state index >= 15 is 0 Å². The van der Waals surface area contributed by atoms with Crippen molar-refractivity contribution in [3.05, 3.63) is 95.8 Å². The summed E-state index contributed by atoms with van der Waals surface area (Å²) in [4.78, 5) is 43.4. The topological polar surface area (TPSA) is 163 Å². The maximum absolute atomic E-state index is 13.8. The molecule has 5 aromatic rings. The number of hydrogen-bond acceptors (Lipinski definition) is 9. The number of amides is 1. The quantitative estimate of drug-likeness (QED) is 0.204. The van der Waals surface area contributed by atoms with Crippen molar-refractivity contribution in [2.75, 3.05) is 29.6 Å². The van der Waals surface area contributed by atoms with Crippen molar-refractivity contribution in [1.82, 2.24) is 19.9 Å². The number of anilines is 3. The first-order valence-corrected chi connectivity index (χ1v) is 13.3. The average Bonchev–Trinajstić information content (AvgIpc) is 3.47. The van der Waals surface area contributed by atoms with Crippen LogP contribution in [0.2, 0.25) is 0 Å². The Bertz CT molecular complexity index is 1830. The molecule has 216 valence electrons. The number of carbonyl (C=O) groups excluding carboxylic acids is 2. The highest BCUT2D eigenvalue weighted by Gasteiger charge is 2.25. The highest BCUT2D eigenvalue weighted by atomic mass is 19.1. The Morgan fingerprint density at radius 2 is 1.88 bits per heavy atom. The molecule has 12 heteroatoms. The molecule has 4 N–H and O–H groups in total. The maximum atomic E-state index is 13.8. The highest BCUT2D eigenvalue weighted by Crippen LogP contribution is 2.33. The van der Waals surface area contributed by atoms with Crippen LogP contribution in [0.4, 0.5) is 21.7 Å². The summed E-state index contributed by atoms with van der Waals surface area (Å²) in [5.41, 5.74) is 9.87. The standard InChI is InChI=1S/C31H27FN8O3/c1-3-40(22-10-8-21(32)9-11-22)31(42)23-12-18(14-33)15-35-29(23)39-25(13-26(41)43-2)20-6-4-19(5-7-20)24-16-36-30-27(24)28(34)37-17-38-30/h4-12,15-17,25H,3,13H2,1-2H3,(H,35,39)(H3,34,36,37,38). The summed E-state index contributed by atoms with van der Waals surface area (Å²) in [6.45, 7) is 2.06. The molecular formula is C31H27FN8O3.